The molecule has 0 atom stereocenters. The highest BCUT2D eigenvalue weighted by Gasteiger charge is 2.31. The molecule has 0 amide bonds. The van der Waals surface area contributed by atoms with Crippen molar-refractivity contribution in [2.45, 2.75) is 6.18 Å². The van der Waals surface area contributed by atoms with Gasteiger partial charge in [-0.3, -0.25) is 0 Å². The number of alkyl halides is 3. The number of halogens is 3. The fraction of sp³-hybridized carbons (Fsp3) is 0.227. The van der Waals surface area contributed by atoms with Gasteiger partial charge in [-0.15, -0.1) is 0 Å². The molecule has 176 valence electrons. The van der Waals surface area contributed by atoms with Gasteiger partial charge in [0, 0.05) is 61.3 Å². The Bertz CT molecular complexity index is 1320. The molecule has 0 unspecified atom stereocenters. The van der Waals surface area contributed by atoms with Crippen LogP contribution in [0, 0.1) is 0 Å². The van der Waals surface area contributed by atoms with Crippen molar-refractivity contribution >= 4 is 34.6 Å². The molecule has 4 aromatic rings. The largest absolute Gasteiger partial charge is 0.508 e. The van der Waals surface area contributed by atoms with Gasteiger partial charge in [-0.05, 0) is 18.2 Å². The van der Waals surface area contributed by atoms with Gasteiger partial charge in [0.2, 0.25) is 5.95 Å². The molecule has 34 heavy (non-hydrogen) atoms. The maximum absolute atomic E-state index is 13.2. The molecule has 1 fully saturated rings. The van der Waals surface area contributed by atoms with Crippen molar-refractivity contribution in [1.82, 2.24) is 19.4 Å². The van der Waals surface area contributed by atoms with Gasteiger partial charge < -0.3 is 29.8 Å². The number of benzene rings is 1. The number of nitrogens with zero attached hydrogens (tertiary/aromatic N) is 5. The first-order valence-corrected chi connectivity index (χ1v) is 10.4. The minimum absolute atomic E-state index is 0.0104. The minimum Gasteiger partial charge on any atom is -0.508 e. The number of morpholine rings is 1. The summed E-state index contributed by atoms with van der Waals surface area (Å²) in [5.74, 6) is 0.576. The number of fused-ring (bicyclic) bond motifs is 1. The molecule has 3 N–H and O–H groups in total. The van der Waals surface area contributed by atoms with Crippen LogP contribution in [0.15, 0.2) is 55.0 Å². The summed E-state index contributed by atoms with van der Waals surface area (Å²) in [4.78, 5) is 15.2. The third kappa shape index (κ3) is 4.81. The lowest BCUT2D eigenvalue weighted by atomic mass is 10.2. The number of pyridine rings is 1. The van der Waals surface area contributed by atoms with E-state index in [9.17, 15) is 18.3 Å². The second kappa shape index (κ2) is 8.71. The van der Waals surface area contributed by atoms with Crippen molar-refractivity contribution in [3.05, 3.63) is 60.6 Å². The van der Waals surface area contributed by atoms with Gasteiger partial charge in [0.05, 0.1) is 18.8 Å². The van der Waals surface area contributed by atoms with Crippen molar-refractivity contribution in [1.29, 1.82) is 0 Å². The molecule has 9 nitrogen and oxygen atoms in total. The number of hydrogen-bond acceptors (Lipinski definition) is 8. The second-order valence-electron chi connectivity index (χ2n) is 7.66. The molecule has 0 aliphatic carbocycles. The van der Waals surface area contributed by atoms with Crippen molar-refractivity contribution < 1.29 is 23.0 Å². The normalized spacial score (nSPS) is 14.4. The smallest absolute Gasteiger partial charge is 0.416 e. The van der Waals surface area contributed by atoms with E-state index in [-0.39, 0.29) is 11.6 Å². The number of aromatic hydroxyl groups is 1. The van der Waals surface area contributed by atoms with E-state index in [2.05, 4.69) is 25.6 Å². The van der Waals surface area contributed by atoms with Crippen molar-refractivity contribution in [3.63, 3.8) is 0 Å². The molecule has 1 aliphatic rings. The Morgan fingerprint density at radius 3 is 2.56 bits per heavy atom. The predicted octanol–water partition coefficient (Wildman–Crippen LogP) is 4.17. The Hall–Kier alpha value is -4.06. The van der Waals surface area contributed by atoms with E-state index in [0.717, 1.165) is 17.4 Å². The van der Waals surface area contributed by atoms with Crippen molar-refractivity contribution in [2.75, 3.05) is 41.8 Å². The lowest BCUT2D eigenvalue weighted by Crippen LogP contribution is -2.36. The first-order valence-electron chi connectivity index (χ1n) is 10.4. The maximum Gasteiger partial charge on any atom is 0.416 e. The fourth-order valence-electron chi connectivity index (χ4n) is 3.62. The number of rotatable bonds is 5. The molecule has 0 bridgehead atoms. The zero-order valence-electron chi connectivity index (χ0n) is 17.8. The number of phenolic OH excluding ortho intramolecular Hbond substituents is 1. The van der Waals surface area contributed by atoms with E-state index in [0.29, 0.717) is 44.0 Å². The molecule has 1 aromatic carbocycles. The van der Waals surface area contributed by atoms with Gasteiger partial charge in [0.15, 0.2) is 0 Å². The summed E-state index contributed by atoms with van der Waals surface area (Å²) in [6.45, 7) is 2.29. The number of hydrogen-bond donors (Lipinski definition) is 3. The molecule has 0 radical (unpaired) electrons. The zero-order chi connectivity index (χ0) is 23.7. The molecule has 4 heterocycles. The van der Waals surface area contributed by atoms with E-state index in [1.165, 1.54) is 6.07 Å². The fourth-order valence-corrected chi connectivity index (χ4v) is 3.62. The molecule has 1 aliphatic heterocycles. The van der Waals surface area contributed by atoms with Crippen LogP contribution in [0.25, 0.3) is 5.65 Å². The Labute approximate surface area is 191 Å². The number of anilines is 5. The number of nitrogens with one attached hydrogen (secondary N) is 2. The number of aromatic nitrogens is 4. The lowest BCUT2D eigenvalue weighted by Gasteiger charge is -2.28. The summed E-state index contributed by atoms with van der Waals surface area (Å²) in [6, 6.07) is 8.19. The first-order chi connectivity index (χ1) is 16.3. The van der Waals surface area contributed by atoms with Crippen LogP contribution in [0.2, 0.25) is 0 Å². The number of imidazole rings is 1. The highest BCUT2D eigenvalue weighted by atomic mass is 19.4. The van der Waals surface area contributed by atoms with E-state index in [4.69, 9.17) is 4.74 Å². The van der Waals surface area contributed by atoms with Crippen LogP contribution in [-0.4, -0.2) is 50.8 Å². The summed E-state index contributed by atoms with van der Waals surface area (Å²) in [6.07, 6.45) is 0.753. The van der Waals surface area contributed by atoms with Crippen LogP contribution in [-0.2, 0) is 10.9 Å². The summed E-state index contributed by atoms with van der Waals surface area (Å²) in [5, 5.41) is 15.8. The summed E-state index contributed by atoms with van der Waals surface area (Å²) in [5.41, 5.74) is 0.500. The minimum atomic E-state index is -4.61. The second-order valence-corrected chi connectivity index (χ2v) is 7.66. The Balaban J connectivity index is 1.49. The van der Waals surface area contributed by atoms with Crippen LogP contribution in [0.5, 0.6) is 5.75 Å². The van der Waals surface area contributed by atoms with Gasteiger partial charge in [-0.2, -0.15) is 23.1 Å². The van der Waals surface area contributed by atoms with E-state index < -0.39 is 17.5 Å². The quantitative estimate of drug-likeness (QED) is 0.399. The van der Waals surface area contributed by atoms with Gasteiger partial charge in [0.1, 0.15) is 23.0 Å². The predicted molar refractivity (Wildman–Crippen MR) is 120 cm³/mol. The average Bonchev–Trinajstić information content (AvgIpc) is 3.26. The standard InChI is InChI=1S/C22H20F3N7O2/c23-22(24,25)14-9-16(11-17(33)10-14)28-21-29-18(13-20(30-21)32-5-7-34-8-6-32)27-15-1-3-31-4-2-26-19(31)12-15/h1-4,9-13,33H,5-8H2,(H2,27,28,29,30). The average molecular weight is 471 g/mol. The molecule has 12 heteroatoms. The first kappa shape index (κ1) is 21.8. The molecule has 5 rings (SSSR count). The van der Waals surface area contributed by atoms with E-state index in [1.54, 1.807) is 12.3 Å². The molecular formula is C22H20F3N7O2. The highest BCUT2D eigenvalue weighted by Crippen LogP contribution is 2.34. The van der Waals surface area contributed by atoms with Crippen LogP contribution < -0.4 is 15.5 Å². The molecule has 1 saturated heterocycles. The van der Waals surface area contributed by atoms with Crippen molar-refractivity contribution in [2.24, 2.45) is 0 Å². The summed E-state index contributed by atoms with van der Waals surface area (Å²) < 4.78 is 46.8. The van der Waals surface area contributed by atoms with Gasteiger partial charge >= 0.3 is 6.18 Å². The highest BCUT2D eigenvalue weighted by molar-refractivity contribution is 5.67. The molecular weight excluding hydrogens is 451 g/mol. The van der Waals surface area contributed by atoms with Crippen LogP contribution in [0.1, 0.15) is 5.56 Å². The SMILES string of the molecule is Oc1cc(Nc2nc(Nc3ccn4ccnc4c3)cc(N3CCOCC3)n2)cc(C(F)(F)F)c1. The summed E-state index contributed by atoms with van der Waals surface area (Å²) in [7, 11) is 0. The molecule has 0 spiro atoms. The van der Waals surface area contributed by atoms with E-state index in [1.807, 2.05) is 33.8 Å². The number of ether oxygens (including phenoxy) is 1. The molecule has 0 saturated carbocycles. The Morgan fingerprint density at radius 1 is 0.941 bits per heavy atom. The van der Waals surface area contributed by atoms with Crippen molar-refractivity contribution in [3.8, 4) is 5.75 Å². The van der Waals surface area contributed by atoms with Gasteiger partial charge in [-0.25, -0.2) is 4.98 Å². The number of phenols is 1. The third-order valence-corrected chi connectivity index (χ3v) is 5.22. The van der Waals surface area contributed by atoms with Gasteiger partial charge in [-0.1, -0.05) is 0 Å². The lowest BCUT2D eigenvalue weighted by molar-refractivity contribution is -0.137. The van der Waals surface area contributed by atoms with Gasteiger partial charge in [0.25, 0.3) is 0 Å². The zero-order valence-corrected chi connectivity index (χ0v) is 17.8. The maximum atomic E-state index is 13.2. The van der Waals surface area contributed by atoms with E-state index >= 15 is 0 Å². The Morgan fingerprint density at radius 2 is 1.76 bits per heavy atom. The third-order valence-electron chi connectivity index (χ3n) is 5.22. The van der Waals surface area contributed by atoms with Crippen LogP contribution >= 0.6 is 0 Å². The Kier molecular flexibility index (Phi) is 5.57. The topological polar surface area (TPSA) is 99.8 Å². The monoisotopic (exact) mass is 471 g/mol. The van der Waals surface area contributed by atoms with Crippen LogP contribution in [0.3, 0.4) is 0 Å². The molecule has 3 aromatic heterocycles. The summed E-state index contributed by atoms with van der Waals surface area (Å²) >= 11 is 0. The van der Waals surface area contributed by atoms with Crippen LogP contribution in [0.4, 0.5) is 42.1 Å².